The molecule has 0 aliphatic heterocycles. The Kier molecular flexibility index (Phi) is 16.1. The molecule has 0 aliphatic rings. The Morgan fingerprint density at radius 2 is 0.789 bits per heavy atom. The first-order valence-corrected chi connectivity index (χ1v) is 9.31. The van der Waals surface area contributed by atoms with Gasteiger partial charge in [-0.3, -0.25) is 0 Å². The van der Waals surface area contributed by atoms with Gasteiger partial charge < -0.3 is 0 Å². The zero-order chi connectivity index (χ0) is 14.2. The van der Waals surface area contributed by atoms with Gasteiger partial charge in [0.1, 0.15) is 0 Å². The van der Waals surface area contributed by atoms with Crippen molar-refractivity contribution in [3.63, 3.8) is 0 Å². The number of hydrogen-bond donors (Lipinski definition) is 0. The minimum absolute atomic E-state index is 0.974. The fraction of sp³-hybridized carbons (Fsp3) is 1.00. The maximum atomic E-state index is 2.46. The summed E-state index contributed by atoms with van der Waals surface area (Å²) in [6.45, 7) is 7.05. The largest absolute Gasteiger partial charge is 0.0654 e. The molecule has 0 unspecified atom stereocenters. The van der Waals surface area contributed by atoms with Gasteiger partial charge in [-0.05, 0) is 5.92 Å². The SMILES string of the molecule is CCCCCCCCCC[C@@H](C)CCCCCCC. The van der Waals surface area contributed by atoms with Crippen molar-refractivity contribution in [2.24, 2.45) is 5.92 Å². The lowest BCUT2D eigenvalue weighted by molar-refractivity contribution is 0.432. The molecule has 0 aromatic heterocycles. The Morgan fingerprint density at radius 3 is 1.16 bits per heavy atom. The summed E-state index contributed by atoms with van der Waals surface area (Å²) in [6, 6.07) is 0. The van der Waals surface area contributed by atoms with Crippen molar-refractivity contribution in [2.45, 2.75) is 117 Å². The molecule has 0 saturated heterocycles. The van der Waals surface area contributed by atoms with Crippen LogP contribution in [0.2, 0.25) is 0 Å². The normalized spacial score (nSPS) is 12.8. The van der Waals surface area contributed by atoms with Crippen molar-refractivity contribution >= 4 is 0 Å². The molecule has 0 rings (SSSR count). The zero-order valence-corrected chi connectivity index (χ0v) is 14.2. The van der Waals surface area contributed by atoms with E-state index in [1.807, 2.05) is 0 Å². The molecule has 0 heteroatoms. The van der Waals surface area contributed by atoms with Crippen molar-refractivity contribution in [3.8, 4) is 0 Å². The molecule has 0 aromatic rings. The van der Waals surface area contributed by atoms with Crippen molar-refractivity contribution in [1.29, 1.82) is 0 Å². The van der Waals surface area contributed by atoms with Crippen LogP contribution in [0.3, 0.4) is 0 Å². The second-order valence-electron chi connectivity index (χ2n) is 6.57. The summed E-state index contributed by atoms with van der Waals surface area (Å²) in [7, 11) is 0. The van der Waals surface area contributed by atoms with Gasteiger partial charge in [-0.25, -0.2) is 0 Å². The lowest BCUT2D eigenvalue weighted by Crippen LogP contribution is -1.95. The number of hydrogen-bond acceptors (Lipinski definition) is 0. The van der Waals surface area contributed by atoms with Gasteiger partial charge in [-0.2, -0.15) is 0 Å². The molecular weight excluding hydrogens is 228 g/mol. The molecule has 0 nitrogen and oxygen atoms in total. The summed E-state index contributed by atoms with van der Waals surface area (Å²) in [5.74, 6) is 0.974. The Balaban J connectivity index is 3.09. The van der Waals surface area contributed by atoms with E-state index in [0.717, 1.165) is 5.92 Å². The highest BCUT2D eigenvalue weighted by molar-refractivity contribution is 4.55. The van der Waals surface area contributed by atoms with E-state index >= 15 is 0 Å². The summed E-state index contributed by atoms with van der Waals surface area (Å²) in [5.41, 5.74) is 0. The van der Waals surface area contributed by atoms with Gasteiger partial charge in [0.2, 0.25) is 0 Å². The molecule has 0 spiro atoms. The molecule has 0 saturated carbocycles. The van der Waals surface area contributed by atoms with E-state index in [9.17, 15) is 0 Å². The van der Waals surface area contributed by atoms with Crippen molar-refractivity contribution in [3.05, 3.63) is 0 Å². The Bertz CT molecular complexity index is 150. The van der Waals surface area contributed by atoms with Crippen LogP contribution in [-0.4, -0.2) is 0 Å². The van der Waals surface area contributed by atoms with Crippen molar-refractivity contribution < 1.29 is 0 Å². The van der Waals surface area contributed by atoms with E-state index in [1.54, 1.807) is 0 Å². The fourth-order valence-corrected chi connectivity index (χ4v) is 2.87. The molecule has 0 amide bonds. The molecule has 0 radical (unpaired) electrons. The fourth-order valence-electron chi connectivity index (χ4n) is 2.87. The molecular formula is C19H40. The third-order valence-electron chi connectivity index (χ3n) is 4.35. The van der Waals surface area contributed by atoms with Crippen LogP contribution in [0.1, 0.15) is 117 Å². The van der Waals surface area contributed by atoms with Gasteiger partial charge in [0.15, 0.2) is 0 Å². The van der Waals surface area contributed by atoms with Crippen molar-refractivity contribution in [1.82, 2.24) is 0 Å². The smallest absolute Gasteiger partial charge is 0.0443 e. The van der Waals surface area contributed by atoms with Crippen molar-refractivity contribution in [2.75, 3.05) is 0 Å². The Hall–Kier alpha value is 0. The Labute approximate surface area is 123 Å². The van der Waals surface area contributed by atoms with E-state index in [2.05, 4.69) is 20.8 Å². The molecule has 0 fully saturated rings. The third kappa shape index (κ3) is 15.9. The maximum Gasteiger partial charge on any atom is -0.0443 e. The number of rotatable bonds is 15. The highest BCUT2D eigenvalue weighted by Crippen LogP contribution is 2.18. The van der Waals surface area contributed by atoms with Gasteiger partial charge in [0.05, 0.1) is 0 Å². The molecule has 1 atom stereocenters. The molecule has 19 heavy (non-hydrogen) atoms. The average Bonchev–Trinajstić information content (AvgIpc) is 2.41. The van der Waals surface area contributed by atoms with Gasteiger partial charge in [-0.1, -0.05) is 117 Å². The third-order valence-corrected chi connectivity index (χ3v) is 4.35. The van der Waals surface area contributed by atoms with E-state index in [4.69, 9.17) is 0 Å². The average molecular weight is 269 g/mol. The van der Waals surface area contributed by atoms with E-state index < -0.39 is 0 Å². The van der Waals surface area contributed by atoms with E-state index in [-0.39, 0.29) is 0 Å². The second kappa shape index (κ2) is 16.1. The molecule has 0 aromatic carbocycles. The van der Waals surface area contributed by atoms with Crippen LogP contribution in [-0.2, 0) is 0 Å². The predicted octanol–water partition coefficient (Wildman–Crippen LogP) is 7.51. The first-order chi connectivity index (χ1) is 9.31. The van der Waals surface area contributed by atoms with Crippen LogP contribution in [0.25, 0.3) is 0 Å². The summed E-state index contributed by atoms with van der Waals surface area (Å²) < 4.78 is 0. The van der Waals surface area contributed by atoms with Gasteiger partial charge in [0.25, 0.3) is 0 Å². The van der Waals surface area contributed by atoms with Crippen LogP contribution >= 0.6 is 0 Å². The zero-order valence-electron chi connectivity index (χ0n) is 14.2. The standard InChI is InChI=1S/C19H40/c1-4-6-8-10-11-12-14-16-18-19(3)17-15-13-9-7-5-2/h19H,4-18H2,1-3H3/t19-/m0/s1. The minimum atomic E-state index is 0.974. The lowest BCUT2D eigenvalue weighted by Gasteiger charge is -2.10. The quantitative estimate of drug-likeness (QED) is 0.269. The summed E-state index contributed by atoms with van der Waals surface area (Å²) in [5, 5.41) is 0. The Morgan fingerprint density at radius 1 is 0.474 bits per heavy atom. The number of unbranched alkanes of at least 4 members (excludes halogenated alkanes) is 11. The van der Waals surface area contributed by atoms with Crippen LogP contribution in [0.5, 0.6) is 0 Å². The monoisotopic (exact) mass is 268 g/mol. The summed E-state index contributed by atoms with van der Waals surface area (Å²) in [6.07, 6.45) is 21.8. The predicted molar refractivity (Wildman–Crippen MR) is 89.8 cm³/mol. The van der Waals surface area contributed by atoms with Crippen LogP contribution in [0.4, 0.5) is 0 Å². The first-order valence-electron chi connectivity index (χ1n) is 9.31. The molecule has 0 heterocycles. The first kappa shape index (κ1) is 19.0. The minimum Gasteiger partial charge on any atom is -0.0654 e. The molecule has 116 valence electrons. The molecule has 0 bridgehead atoms. The van der Waals surface area contributed by atoms with Crippen LogP contribution < -0.4 is 0 Å². The topological polar surface area (TPSA) is 0 Å². The summed E-state index contributed by atoms with van der Waals surface area (Å²) in [4.78, 5) is 0. The lowest BCUT2D eigenvalue weighted by atomic mass is 9.96. The van der Waals surface area contributed by atoms with Crippen LogP contribution in [0, 0.1) is 5.92 Å². The highest BCUT2D eigenvalue weighted by atomic mass is 14.1. The van der Waals surface area contributed by atoms with E-state index in [0.29, 0.717) is 0 Å². The summed E-state index contributed by atoms with van der Waals surface area (Å²) >= 11 is 0. The highest BCUT2D eigenvalue weighted by Gasteiger charge is 2.01. The van der Waals surface area contributed by atoms with Gasteiger partial charge in [-0.15, -0.1) is 0 Å². The second-order valence-corrected chi connectivity index (χ2v) is 6.57. The molecule has 0 N–H and O–H groups in total. The van der Waals surface area contributed by atoms with Gasteiger partial charge in [0, 0.05) is 0 Å². The van der Waals surface area contributed by atoms with Crippen LogP contribution in [0.15, 0.2) is 0 Å². The molecule has 0 aliphatic carbocycles. The maximum absolute atomic E-state index is 2.46. The van der Waals surface area contributed by atoms with E-state index in [1.165, 1.54) is 96.3 Å². The van der Waals surface area contributed by atoms with Gasteiger partial charge >= 0.3 is 0 Å².